The number of hydrogen-bond donors (Lipinski definition) is 2. The van der Waals surface area contributed by atoms with E-state index in [2.05, 4.69) is 36.5 Å². The molecule has 0 aliphatic heterocycles. The summed E-state index contributed by atoms with van der Waals surface area (Å²) in [6.07, 6.45) is 0.941. The van der Waals surface area contributed by atoms with Crippen molar-refractivity contribution >= 4 is 5.97 Å². The fourth-order valence-corrected chi connectivity index (χ4v) is 2.21. The van der Waals surface area contributed by atoms with E-state index < -0.39 is 5.97 Å². The van der Waals surface area contributed by atoms with E-state index in [1.54, 1.807) is 12.1 Å². The first kappa shape index (κ1) is 14.3. The number of nitrogens with one attached hydrogen (secondary N) is 1. The molecule has 2 aromatic rings. The fraction of sp³-hybridized carbons (Fsp3) is 0.235. The maximum Gasteiger partial charge on any atom is 0.336 e. The molecule has 20 heavy (non-hydrogen) atoms. The Bertz CT molecular complexity index is 593. The first-order chi connectivity index (χ1) is 9.66. The van der Waals surface area contributed by atoms with Crippen molar-refractivity contribution < 1.29 is 9.90 Å². The van der Waals surface area contributed by atoms with Crippen LogP contribution >= 0.6 is 0 Å². The highest BCUT2D eigenvalue weighted by Gasteiger charge is 2.07. The Balaban J connectivity index is 1.86. The molecule has 0 aromatic heterocycles. The van der Waals surface area contributed by atoms with Crippen LogP contribution in [0.1, 0.15) is 27.0 Å². The number of carboxylic acid groups (broad SMARTS) is 1. The average molecular weight is 269 g/mol. The smallest absolute Gasteiger partial charge is 0.336 e. The number of rotatable bonds is 6. The van der Waals surface area contributed by atoms with Crippen LogP contribution in [-0.2, 0) is 13.0 Å². The highest BCUT2D eigenvalue weighted by atomic mass is 16.4. The molecule has 0 radical (unpaired) electrons. The van der Waals surface area contributed by atoms with E-state index in [9.17, 15) is 4.79 Å². The minimum atomic E-state index is -0.874. The normalized spacial score (nSPS) is 10.4. The number of carboxylic acids is 1. The van der Waals surface area contributed by atoms with Crippen LogP contribution in [0.4, 0.5) is 0 Å². The van der Waals surface area contributed by atoms with Gasteiger partial charge in [-0.1, -0.05) is 48.0 Å². The average Bonchev–Trinajstić information content (AvgIpc) is 2.44. The van der Waals surface area contributed by atoms with Gasteiger partial charge in [-0.25, -0.2) is 4.79 Å². The second-order valence-electron chi connectivity index (χ2n) is 4.88. The molecule has 2 N–H and O–H groups in total. The second kappa shape index (κ2) is 6.87. The predicted octanol–water partition coefficient (Wildman–Crippen LogP) is 3.03. The SMILES string of the molecule is Cc1cccc(CCNCc2ccccc2C(=O)O)c1. The van der Waals surface area contributed by atoms with Crippen molar-refractivity contribution in [3.05, 3.63) is 70.8 Å². The summed E-state index contributed by atoms with van der Waals surface area (Å²) in [4.78, 5) is 11.1. The van der Waals surface area contributed by atoms with E-state index in [4.69, 9.17) is 5.11 Å². The molecule has 0 aliphatic carbocycles. The summed E-state index contributed by atoms with van der Waals surface area (Å²) in [5.74, 6) is -0.874. The summed E-state index contributed by atoms with van der Waals surface area (Å²) in [5, 5.41) is 12.4. The summed E-state index contributed by atoms with van der Waals surface area (Å²) in [7, 11) is 0. The third kappa shape index (κ3) is 3.93. The predicted molar refractivity (Wildman–Crippen MR) is 80.0 cm³/mol. The molecule has 0 atom stereocenters. The van der Waals surface area contributed by atoms with Crippen molar-refractivity contribution in [3.63, 3.8) is 0 Å². The van der Waals surface area contributed by atoms with Crippen molar-refractivity contribution in [1.82, 2.24) is 5.32 Å². The number of benzene rings is 2. The van der Waals surface area contributed by atoms with Gasteiger partial charge in [0.25, 0.3) is 0 Å². The largest absolute Gasteiger partial charge is 0.478 e. The molecule has 2 rings (SSSR count). The van der Waals surface area contributed by atoms with E-state index in [1.165, 1.54) is 11.1 Å². The molecular weight excluding hydrogens is 250 g/mol. The number of carbonyl (C=O) groups is 1. The molecule has 3 nitrogen and oxygen atoms in total. The first-order valence-electron chi connectivity index (χ1n) is 6.74. The third-order valence-corrected chi connectivity index (χ3v) is 3.24. The minimum Gasteiger partial charge on any atom is -0.478 e. The summed E-state index contributed by atoms with van der Waals surface area (Å²) < 4.78 is 0. The Morgan fingerprint density at radius 1 is 1.15 bits per heavy atom. The molecule has 0 fully saturated rings. The van der Waals surface area contributed by atoms with Gasteiger partial charge in [-0.15, -0.1) is 0 Å². The Labute approximate surface area is 119 Å². The van der Waals surface area contributed by atoms with Gasteiger partial charge in [0.2, 0.25) is 0 Å². The fourth-order valence-electron chi connectivity index (χ4n) is 2.21. The van der Waals surface area contributed by atoms with Crippen LogP contribution in [0.15, 0.2) is 48.5 Å². The monoisotopic (exact) mass is 269 g/mol. The van der Waals surface area contributed by atoms with Crippen molar-refractivity contribution in [2.75, 3.05) is 6.54 Å². The Kier molecular flexibility index (Phi) is 4.91. The van der Waals surface area contributed by atoms with Gasteiger partial charge in [-0.05, 0) is 37.1 Å². The quantitative estimate of drug-likeness (QED) is 0.792. The Hall–Kier alpha value is -2.13. The first-order valence-corrected chi connectivity index (χ1v) is 6.74. The lowest BCUT2D eigenvalue weighted by molar-refractivity contribution is 0.0695. The summed E-state index contributed by atoms with van der Waals surface area (Å²) in [6.45, 7) is 3.49. The van der Waals surface area contributed by atoms with Crippen molar-refractivity contribution in [2.24, 2.45) is 0 Å². The molecule has 2 aromatic carbocycles. The Morgan fingerprint density at radius 2 is 1.95 bits per heavy atom. The molecule has 0 heterocycles. The maximum atomic E-state index is 11.1. The minimum absolute atomic E-state index is 0.371. The maximum absolute atomic E-state index is 11.1. The topological polar surface area (TPSA) is 49.3 Å². The lowest BCUT2D eigenvalue weighted by Gasteiger charge is -2.08. The molecule has 0 aliphatic rings. The van der Waals surface area contributed by atoms with Gasteiger partial charge >= 0.3 is 5.97 Å². The number of aryl methyl sites for hydroxylation is 1. The van der Waals surface area contributed by atoms with Crippen molar-refractivity contribution in [1.29, 1.82) is 0 Å². The second-order valence-corrected chi connectivity index (χ2v) is 4.88. The number of aromatic carboxylic acids is 1. The van der Waals surface area contributed by atoms with E-state index in [0.29, 0.717) is 12.1 Å². The van der Waals surface area contributed by atoms with Crippen LogP contribution in [0.2, 0.25) is 0 Å². The van der Waals surface area contributed by atoms with E-state index in [1.807, 2.05) is 12.1 Å². The van der Waals surface area contributed by atoms with E-state index in [-0.39, 0.29) is 0 Å². The van der Waals surface area contributed by atoms with Crippen LogP contribution in [0.25, 0.3) is 0 Å². The highest BCUT2D eigenvalue weighted by Crippen LogP contribution is 2.08. The zero-order chi connectivity index (χ0) is 14.4. The molecule has 0 unspecified atom stereocenters. The van der Waals surface area contributed by atoms with Crippen LogP contribution in [0.5, 0.6) is 0 Å². The molecule has 0 saturated heterocycles. The lowest BCUT2D eigenvalue weighted by Crippen LogP contribution is -2.18. The summed E-state index contributed by atoms with van der Waals surface area (Å²) in [6, 6.07) is 15.5. The molecule has 104 valence electrons. The van der Waals surface area contributed by atoms with Crippen molar-refractivity contribution in [3.8, 4) is 0 Å². The van der Waals surface area contributed by atoms with Gasteiger partial charge in [0.05, 0.1) is 5.56 Å². The van der Waals surface area contributed by atoms with Gasteiger partial charge in [0, 0.05) is 6.54 Å². The van der Waals surface area contributed by atoms with Crippen LogP contribution in [0.3, 0.4) is 0 Å². The van der Waals surface area contributed by atoms with Crippen molar-refractivity contribution in [2.45, 2.75) is 19.9 Å². The molecule has 0 spiro atoms. The van der Waals surface area contributed by atoms with Crippen LogP contribution < -0.4 is 5.32 Å². The zero-order valence-corrected chi connectivity index (χ0v) is 11.6. The van der Waals surface area contributed by atoms with Gasteiger partial charge in [0.15, 0.2) is 0 Å². The van der Waals surface area contributed by atoms with Gasteiger partial charge in [0.1, 0.15) is 0 Å². The third-order valence-electron chi connectivity index (χ3n) is 3.24. The lowest BCUT2D eigenvalue weighted by atomic mass is 10.1. The summed E-state index contributed by atoms with van der Waals surface area (Å²) in [5.41, 5.74) is 3.75. The van der Waals surface area contributed by atoms with E-state index >= 15 is 0 Å². The standard InChI is InChI=1S/C17H19NO2/c1-13-5-4-6-14(11-13)9-10-18-12-15-7-2-3-8-16(15)17(19)20/h2-8,11,18H,9-10,12H2,1H3,(H,19,20). The number of hydrogen-bond acceptors (Lipinski definition) is 2. The molecule has 3 heteroatoms. The molecule has 0 amide bonds. The highest BCUT2D eigenvalue weighted by molar-refractivity contribution is 5.89. The van der Waals surface area contributed by atoms with Gasteiger partial charge in [-0.2, -0.15) is 0 Å². The zero-order valence-electron chi connectivity index (χ0n) is 11.6. The van der Waals surface area contributed by atoms with Gasteiger partial charge in [-0.3, -0.25) is 0 Å². The van der Waals surface area contributed by atoms with E-state index in [0.717, 1.165) is 18.5 Å². The summed E-state index contributed by atoms with van der Waals surface area (Å²) >= 11 is 0. The molecule has 0 saturated carbocycles. The molecular formula is C17H19NO2. The van der Waals surface area contributed by atoms with Gasteiger partial charge < -0.3 is 10.4 Å². The van der Waals surface area contributed by atoms with Crippen LogP contribution in [-0.4, -0.2) is 17.6 Å². The molecule has 0 bridgehead atoms. The Morgan fingerprint density at radius 3 is 2.70 bits per heavy atom. The van der Waals surface area contributed by atoms with Crippen LogP contribution in [0, 0.1) is 6.92 Å².